The van der Waals surface area contributed by atoms with Crippen molar-refractivity contribution < 1.29 is 14.7 Å². The number of hydrogen-bond acceptors (Lipinski definition) is 4. The lowest BCUT2D eigenvalue weighted by atomic mass is 10.1. The van der Waals surface area contributed by atoms with Crippen molar-refractivity contribution in [1.82, 2.24) is 5.32 Å². The van der Waals surface area contributed by atoms with Crippen LogP contribution in [0, 0.1) is 0 Å². The average molecular weight is 237 g/mol. The van der Waals surface area contributed by atoms with E-state index in [9.17, 15) is 9.59 Å². The number of carbonyl (C=O) groups excluding carboxylic acids is 1. The van der Waals surface area contributed by atoms with E-state index >= 15 is 0 Å². The standard InChI is InChI=1S/C11H15N3O3/c1-13-10(15)6-14(2)9-5-7(11(16)17)3-4-8(9)12/h3-5H,6,12H2,1-2H3,(H,13,15)(H,16,17). The normalized spacial score (nSPS) is 9.76. The molecule has 0 radical (unpaired) electrons. The molecule has 0 aliphatic carbocycles. The highest BCUT2D eigenvalue weighted by Gasteiger charge is 2.12. The number of nitrogen functional groups attached to an aromatic ring is 1. The monoisotopic (exact) mass is 237 g/mol. The van der Waals surface area contributed by atoms with E-state index in [-0.39, 0.29) is 18.0 Å². The summed E-state index contributed by atoms with van der Waals surface area (Å²) in [5.74, 6) is -1.20. The van der Waals surface area contributed by atoms with Gasteiger partial charge in [0, 0.05) is 14.1 Å². The van der Waals surface area contributed by atoms with Gasteiger partial charge in [0.2, 0.25) is 5.91 Å². The molecule has 6 heteroatoms. The molecule has 0 aliphatic heterocycles. The first-order chi connectivity index (χ1) is 7.95. The Morgan fingerprint density at radius 1 is 1.47 bits per heavy atom. The Balaban J connectivity index is 2.99. The molecule has 0 bridgehead atoms. The maximum atomic E-state index is 11.2. The zero-order chi connectivity index (χ0) is 13.0. The van der Waals surface area contributed by atoms with E-state index in [1.807, 2.05) is 0 Å². The number of aromatic carboxylic acids is 1. The highest BCUT2D eigenvalue weighted by atomic mass is 16.4. The molecule has 1 aromatic rings. The molecule has 6 nitrogen and oxygen atoms in total. The molecule has 1 aromatic carbocycles. The van der Waals surface area contributed by atoms with Gasteiger partial charge in [-0.2, -0.15) is 0 Å². The zero-order valence-electron chi connectivity index (χ0n) is 9.73. The van der Waals surface area contributed by atoms with Crippen LogP contribution in [-0.4, -0.2) is 37.6 Å². The summed E-state index contributed by atoms with van der Waals surface area (Å²) in [5, 5.41) is 11.4. The van der Waals surface area contributed by atoms with Gasteiger partial charge in [0.1, 0.15) is 0 Å². The highest BCUT2D eigenvalue weighted by molar-refractivity contribution is 5.91. The third kappa shape index (κ3) is 3.10. The van der Waals surface area contributed by atoms with Crippen molar-refractivity contribution in [3.63, 3.8) is 0 Å². The van der Waals surface area contributed by atoms with Crippen molar-refractivity contribution in [3.8, 4) is 0 Å². The number of benzene rings is 1. The van der Waals surface area contributed by atoms with Gasteiger partial charge in [-0.15, -0.1) is 0 Å². The lowest BCUT2D eigenvalue weighted by Crippen LogP contribution is -2.33. The number of hydrogen-bond donors (Lipinski definition) is 3. The van der Waals surface area contributed by atoms with Gasteiger partial charge in [-0.05, 0) is 18.2 Å². The minimum absolute atomic E-state index is 0.115. The first-order valence-corrected chi connectivity index (χ1v) is 5.00. The molecule has 92 valence electrons. The Kier molecular flexibility index (Phi) is 3.92. The molecule has 0 fully saturated rings. The van der Waals surface area contributed by atoms with Crippen LogP contribution in [0.1, 0.15) is 10.4 Å². The van der Waals surface area contributed by atoms with E-state index in [1.54, 1.807) is 11.9 Å². The minimum atomic E-state index is -1.03. The topological polar surface area (TPSA) is 95.7 Å². The minimum Gasteiger partial charge on any atom is -0.478 e. The Bertz CT molecular complexity index is 446. The fourth-order valence-electron chi connectivity index (χ4n) is 1.39. The first kappa shape index (κ1) is 12.8. The van der Waals surface area contributed by atoms with Gasteiger partial charge in [-0.3, -0.25) is 4.79 Å². The van der Waals surface area contributed by atoms with Gasteiger partial charge in [-0.1, -0.05) is 0 Å². The van der Waals surface area contributed by atoms with Gasteiger partial charge >= 0.3 is 5.97 Å². The number of nitrogens with zero attached hydrogens (tertiary/aromatic N) is 1. The van der Waals surface area contributed by atoms with Crippen LogP contribution in [0.5, 0.6) is 0 Å². The molecule has 0 unspecified atom stereocenters. The SMILES string of the molecule is CNC(=O)CN(C)c1cc(C(=O)O)ccc1N. The van der Waals surface area contributed by atoms with Crippen molar-refractivity contribution in [3.05, 3.63) is 23.8 Å². The van der Waals surface area contributed by atoms with E-state index in [1.165, 1.54) is 25.2 Å². The van der Waals surface area contributed by atoms with Gasteiger partial charge in [-0.25, -0.2) is 4.79 Å². The number of nitrogens with one attached hydrogen (secondary N) is 1. The Morgan fingerprint density at radius 2 is 2.12 bits per heavy atom. The molecule has 0 heterocycles. The second-order valence-corrected chi connectivity index (χ2v) is 3.61. The summed E-state index contributed by atoms with van der Waals surface area (Å²) in [5.41, 5.74) is 6.83. The number of anilines is 2. The summed E-state index contributed by atoms with van der Waals surface area (Å²) in [4.78, 5) is 23.6. The number of carbonyl (C=O) groups is 2. The summed E-state index contributed by atoms with van der Waals surface area (Å²) in [7, 11) is 3.21. The Labute approximate surface area is 99.0 Å². The number of likely N-dealkylation sites (N-methyl/N-ethyl adjacent to an activating group) is 2. The molecule has 0 aromatic heterocycles. The van der Waals surface area contributed by atoms with Crippen molar-refractivity contribution in [2.45, 2.75) is 0 Å². The van der Waals surface area contributed by atoms with Crippen LogP contribution in [0.2, 0.25) is 0 Å². The van der Waals surface area contributed by atoms with E-state index in [0.717, 1.165) is 0 Å². The third-order valence-electron chi connectivity index (χ3n) is 2.35. The molecule has 4 N–H and O–H groups in total. The zero-order valence-corrected chi connectivity index (χ0v) is 9.73. The smallest absolute Gasteiger partial charge is 0.335 e. The van der Waals surface area contributed by atoms with Crippen LogP contribution in [-0.2, 0) is 4.79 Å². The Hall–Kier alpha value is -2.24. The molecule has 1 amide bonds. The molecule has 0 aliphatic rings. The quantitative estimate of drug-likeness (QED) is 0.648. The van der Waals surface area contributed by atoms with E-state index in [2.05, 4.69) is 5.32 Å². The molecule has 0 atom stereocenters. The van der Waals surface area contributed by atoms with Gasteiger partial charge in [0.25, 0.3) is 0 Å². The summed E-state index contributed by atoms with van der Waals surface area (Å²) in [6, 6.07) is 4.38. The summed E-state index contributed by atoms with van der Waals surface area (Å²) in [6.45, 7) is 0.115. The van der Waals surface area contributed by atoms with Gasteiger partial charge < -0.3 is 21.1 Å². The fraction of sp³-hybridized carbons (Fsp3) is 0.273. The summed E-state index contributed by atoms with van der Waals surface area (Å²) < 4.78 is 0. The van der Waals surface area contributed by atoms with E-state index in [0.29, 0.717) is 11.4 Å². The largest absolute Gasteiger partial charge is 0.478 e. The number of rotatable bonds is 4. The molecule has 0 spiro atoms. The number of amides is 1. The molecule has 0 saturated heterocycles. The fourth-order valence-corrected chi connectivity index (χ4v) is 1.39. The predicted octanol–water partition coefficient (Wildman–Crippen LogP) is 0.149. The van der Waals surface area contributed by atoms with Crippen LogP contribution >= 0.6 is 0 Å². The predicted molar refractivity (Wildman–Crippen MR) is 65.2 cm³/mol. The van der Waals surface area contributed by atoms with Crippen molar-refractivity contribution >= 4 is 23.3 Å². The molecular weight excluding hydrogens is 222 g/mol. The molecule has 17 heavy (non-hydrogen) atoms. The maximum Gasteiger partial charge on any atom is 0.335 e. The van der Waals surface area contributed by atoms with Crippen molar-refractivity contribution in [2.24, 2.45) is 0 Å². The Morgan fingerprint density at radius 3 is 2.65 bits per heavy atom. The third-order valence-corrected chi connectivity index (χ3v) is 2.35. The lowest BCUT2D eigenvalue weighted by Gasteiger charge is -2.20. The van der Waals surface area contributed by atoms with Crippen molar-refractivity contribution in [1.29, 1.82) is 0 Å². The van der Waals surface area contributed by atoms with Gasteiger partial charge in [0.05, 0.1) is 23.5 Å². The second kappa shape index (κ2) is 5.20. The van der Waals surface area contributed by atoms with Crippen LogP contribution in [0.3, 0.4) is 0 Å². The summed E-state index contributed by atoms with van der Waals surface area (Å²) in [6.07, 6.45) is 0. The lowest BCUT2D eigenvalue weighted by molar-refractivity contribution is -0.119. The average Bonchev–Trinajstić information content (AvgIpc) is 2.28. The molecule has 1 rings (SSSR count). The number of nitrogens with two attached hydrogens (primary N) is 1. The van der Waals surface area contributed by atoms with Crippen LogP contribution in [0.25, 0.3) is 0 Å². The van der Waals surface area contributed by atoms with Gasteiger partial charge in [0.15, 0.2) is 0 Å². The molecular formula is C11H15N3O3. The first-order valence-electron chi connectivity index (χ1n) is 5.00. The van der Waals surface area contributed by atoms with E-state index in [4.69, 9.17) is 10.8 Å². The number of carboxylic acid groups (broad SMARTS) is 1. The van der Waals surface area contributed by atoms with Crippen LogP contribution in [0.4, 0.5) is 11.4 Å². The number of carboxylic acids is 1. The van der Waals surface area contributed by atoms with Crippen molar-refractivity contribution in [2.75, 3.05) is 31.3 Å². The second-order valence-electron chi connectivity index (χ2n) is 3.61. The maximum absolute atomic E-state index is 11.2. The van der Waals surface area contributed by atoms with E-state index < -0.39 is 5.97 Å². The van der Waals surface area contributed by atoms with Crippen LogP contribution < -0.4 is 16.0 Å². The highest BCUT2D eigenvalue weighted by Crippen LogP contribution is 2.23. The molecule has 0 saturated carbocycles. The van der Waals surface area contributed by atoms with Crippen LogP contribution in [0.15, 0.2) is 18.2 Å². The summed E-state index contributed by atoms with van der Waals surface area (Å²) >= 11 is 0.